The Kier molecular flexibility index (Phi) is 3.26. The second-order valence-corrected chi connectivity index (χ2v) is 6.19. The number of aliphatic hydroxyl groups is 1. The zero-order chi connectivity index (χ0) is 12.5. The number of halogens is 1. The zero-order valence-electron chi connectivity index (χ0n) is 10.7. The van der Waals surface area contributed by atoms with Crippen LogP contribution in [-0.4, -0.2) is 10.7 Å². The molecule has 0 radical (unpaired) electrons. The summed E-state index contributed by atoms with van der Waals surface area (Å²) in [5.74, 6) is -0.217. The Morgan fingerprint density at radius 2 is 1.59 bits per heavy atom. The Labute approximate surface area is 103 Å². The lowest BCUT2D eigenvalue weighted by molar-refractivity contribution is -0.0251. The molecule has 0 heterocycles. The van der Waals surface area contributed by atoms with Gasteiger partial charge in [-0.3, -0.25) is 0 Å². The van der Waals surface area contributed by atoms with Gasteiger partial charge in [-0.2, -0.15) is 0 Å². The molecule has 1 aromatic rings. The van der Waals surface area contributed by atoms with Crippen LogP contribution in [-0.2, 0) is 6.42 Å². The lowest BCUT2D eigenvalue weighted by Gasteiger charge is -2.40. The van der Waals surface area contributed by atoms with Gasteiger partial charge in [0.05, 0.1) is 5.60 Å². The van der Waals surface area contributed by atoms with Gasteiger partial charge < -0.3 is 5.11 Å². The van der Waals surface area contributed by atoms with Crippen molar-refractivity contribution in [2.75, 3.05) is 0 Å². The fourth-order valence-corrected chi connectivity index (χ4v) is 2.55. The van der Waals surface area contributed by atoms with E-state index in [0.717, 1.165) is 31.2 Å². The normalized spacial score (nSPS) is 22.4. The first-order chi connectivity index (χ1) is 7.89. The average Bonchev–Trinajstić information content (AvgIpc) is 2.27. The maximum atomic E-state index is 12.8. The third-order valence-corrected chi connectivity index (χ3v) is 3.98. The summed E-state index contributed by atoms with van der Waals surface area (Å²) in [6.07, 6.45) is 4.45. The topological polar surface area (TPSA) is 20.2 Å². The minimum atomic E-state index is -0.590. The van der Waals surface area contributed by atoms with Crippen LogP contribution >= 0.6 is 0 Å². The van der Waals surface area contributed by atoms with Crippen molar-refractivity contribution in [3.05, 3.63) is 35.6 Å². The summed E-state index contributed by atoms with van der Waals surface area (Å²) in [6.45, 7) is 4.51. The van der Waals surface area contributed by atoms with E-state index in [2.05, 4.69) is 13.8 Å². The van der Waals surface area contributed by atoms with E-state index >= 15 is 0 Å². The van der Waals surface area contributed by atoms with Gasteiger partial charge in [0.25, 0.3) is 0 Å². The van der Waals surface area contributed by atoms with Crippen molar-refractivity contribution >= 4 is 0 Å². The van der Waals surface area contributed by atoms with Crippen LogP contribution in [0.25, 0.3) is 0 Å². The fraction of sp³-hybridized carbons (Fsp3) is 0.600. The highest BCUT2D eigenvalue weighted by molar-refractivity contribution is 5.18. The van der Waals surface area contributed by atoms with Crippen molar-refractivity contribution in [3.8, 4) is 0 Å². The molecule has 1 aliphatic carbocycles. The van der Waals surface area contributed by atoms with Crippen molar-refractivity contribution in [3.63, 3.8) is 0 Å². The van der Waals surface area contributed by atoms with Gasteiger partial charge in [-0.1, -0.05) is 26.0 Å². The first-order valence-electron chi connectivity index (χ1n) is 6.36. The second-order valence-electron chi connectivity index (χ2n) is 6.19. The molecule has 1 aromatic carbocycles. The second kappa shape index (κ2) is 4.41. The van der Waals surface area contributed by atoms with Crippen LogP contribution in [0.2, 0.25) is 0 Å². The van der Waals surface area contributed by atoms with Crippen LogP contribution < -0.4 is 0 Å². The zero-order valence-corrected chi connectivity index (χ0v) is 10.7. The lowest BCUT2D eigenvalue weighted by Crippen LogP contribution is -2.38. The van der Waals surface area contributed by atoms with E-state index in [1.54, 1.807) is 12.1 Å². The summed E-state index contributed by atoms with van der Waals surface area (Å²) in [5, 5.41) is 10.5. The number of rotatable bonds is 2. The third-order valence-electron chi connectivity index (χ3n) is 3.98. The molecule has 1 aliphatic rings. The fourth-order valence-electron chi connectivity index (χ4n) is 2.55. The minimum Gasteiger partial charge on any atom is -0.390 e. The lowest BCUT2D eigenvalue weighted by atomic mass is 9.69. The molecule has 1 nitrogen and oxygen atoms in total. The van der Waals surface area contributed by atoms with Crippen molar-refractivity contribution in [2.45, 2.75) is 51.6 Å². The van der Waals surface area contributed by atoms with Gasteiger partial charge >= 0.3 is 0 Å². The molecule has 0 unspecified atom stereocenters. The van der Waals surface area contributed by atoms with E-state index in [1.807, 2.05) is 0 Å². The molecule has 0 saturated heterocycles. The molecule has 0 aromatic heterocycles. The summed E-state index contributed by atoms with van der Waals surface area (Å²) in [6, 6.07) is 6.47. The molecule has 94 valence electrons. The van der Waals surface area contributed by atoms with Gasteiger partial charge in [-0.15, -0.1) is 0 Å². The number of hydrogen-bond donors (Lipinski definition) is 1. The highest BCUT2D eigenvalue weighted by Crippen LogP contribution is 2.41. The molecule has 0 spiro atoms. The molecule has 1 fully saturated rings. The Bertz CT molecular complexity index is 370. The van der Waals surface area contributed by atoms with Crippen LogP contribution in [0.4, 0.5) is 4.39 Å². The Balaban J connectivity index is 2.01. The Morgan fingerprint density at radius 1 is 1.06 bits per heavy atom. The standard InChI is InChI=1S/C15H21FO/c1-14(2)7-9-15(17,10-8-14)11-12-3-5-13(16)6-4-12/h3-6,17H,7-11H2,1-2H3. The van der Waals surface area contributed by atoms with Gasteiger partial charge in [0.2, 0.25) is 0 Å². The summed E-state index contributed by atoms with van der Waals surface area (Å²) in [5.41, 5.74) is 0.788. The van der Waals surface area contributed by atoms with Crippen LogP contribution in [0.1, 0.15) is 45.1 Å². The van der Waals surface area contributed by atoms with Crippen LogP contribution in [0.5, 0.6) is 0 Å². The first kappa shape index (κ1) is 12.6. The molecule has 1 saturated carbocycles. The van der Waals surface area contributed by atoms with Crippen molar-refractivity contribution in [1.82, 2.24) is 0 Å². The SMILES string of the molecule is CC1(C)CCC(O)(Cc2ccc(F)cc2)CC1. The van der Waals surface area contributed by atoms with E-state index in [-0.39, 0.29) is 5.82 Å². The largest absolute Gasteiger partial charge is 0.390 e. The van der Waals surface area contributed by atoms with Gasteiger partial charge in [0.1, 0.15) is 5.82 Å². The van der Waals surface area contributed by atoms with E-state index in [4.69, 9.17) is 0 Å². The molecule has 0 atom stereocenters. The maximum absolute atomic E-state index is 12.8. The average molecular weight is 236 g/mol. The van der Waals surface area contributed by atoms with Gasteiger partial charge in [-0.25, -0.2) is 4.39 Å². The summed E-state index contributed by atoms with van der Waals surface area (Å²) in [4.78, 5) is 0. The molecule has 0 aliphatic heterocycles. The van der Waals surface area contributed by atoms with E-state index in [1.165, 1.54) is 12.1 Å². The quantitative estimate of drug-likeness (QED) is 0.830. The summed E-state index contributed by atoms with van der Waals surface area (Å²) < 4.78 is 12.8. The number of benzene rings is 1. The minimum absolute atomic E-state index is 0.217. The monoisotopic (exact) mass is 236 g/mol. The first-order valence-corrected chi connectivity index (χ1v) is 6.36. The number of hydrogen-bond acceptors (Lipinski definition) is 1. The van der Waals surface area contributed by atoms with Crippen molar-refractivity contribution in [1.29, 1.82) is 0 Å². The highest BCUT2D eigenvalue weighted by atomic mass is 19.1. The summed E-state index contributed by atoms with van der Waals surface area (Å²) in [7, 11) is 0. The van der Waals surface area contributed by atoms with Gasteiger partial charge in [-0.05, 0) is 48.8 Å². The Hall–Kier alpha value is -0.890. The molecular weight excluding hydrogens is 215 g/mol. The predicted molar refractivity (Wildman–Crippen MR) is 67.3 cm³/mol. The predicted octanol–water partition coefficient (Wildman–Crippen LogP) is 3.70. The van der Waals surface area contributed by atoms with E-state index in [0.29, 0.717) is 11.8 Å². The smallest absolute Gasteiger partial charge is 0.123 e. The van der Waals surface area contributed by atoms with E-state index in [9.17, 15) is 9.50 Å². The molecule has 1 N–H and O–H groups in total. The third kappa shape index (κ3) is 3.29. The van der Waals surface area contributed by atoms with Gasteiger partial charge in [0, 0.05) is 6.42 Å². The molecule has 0 bridgehead atoms. The van der Waals surface area contributed by atoms with Crippen molar-refractivity contribution in [2.24, 2.45) is 5.41 Å². The molecule has 2 rings (SSSR count). The van der Waals surface area contributed by atoms with Crippen LogP contribution in [0.3, 0.4) is 0 Å². The van der Waals surface area contributed by atoms with Crippen LogP contribution in [0, 0.1) is 11.2 Å². The maximum Gasteiger partial charge on any atom is 0.123 e. The molecule has 0 amide bonds. The highest BCUT2D eigenvalue weighted by Gasteiger charge is 2.36. The molecule has 2 heteroatoms. The van der Waals surface area contributed by atoms with E-state index < -0.39 is 5.60 Å². The molecule has 17 heavy (non-hydrogen) atoms. The Morgan fingerprint density at radius 3 is 2.12 bits per heavy atom. The van der Waals surface area contributed by atoms with Gasteiger partial charge in [0.15, 0.2) is 0 Å². The van der Waals surface area contributed by atoms with Crippen LogP contribution in [0.15, 0.2) is 24.3 Å². The molecular formula is C15H21FO. The van der Waals surface area contributed by atoms with Crippen molar-refractivity contribution < 1.29 is 9.50 Å². The summed E-state index contributed by atoms with van der Waals surface area (Å²) >= 11 is 0.